The van der Waals surface area contributed by atoms with Gasteiger partial charge in [-0.05, 0) is 37.0 Å². The Balaban J connectivity index is 2.36. The van der Waals surface area contributed by atoms with Crippen molar-refractivity contribution >= 4 is 0 Å². The summed E-state index contributed by atoms with van der Waals surface area (Å²) in [6.45, 7) is 6.96. The van der Waals surface area contributed by atoms with E-state index in [2.05, 4.69) is 20.8 Å². The van der Waals surface area contributed by atoms with Gasteiger partial charge in [0.25, 0.3) is 0 Å². The van der Waals surface area contributed by atoms with E-state index in [-0.39, 0.29) is 6.10 Å². The van der Waals surface area contributed by atoms with Crippen LogP contribution in [0.5, 0.6) is 0 Å². The van der Waals surface area contributed by atoms with Crippen LogP contribution in [-0.4, -0.2) is 11.2 Å². The van der Waals surface area contributed by atoms with Crippen LogP contribution < -0.4 is 0 Å². The van der Waals surface area contributed by atoms with Crippen LogP contribution in [0.25, 0.3) is 0 Å². The third-order valence-electron chi connectivity index (χ3n) is 4.13. The Hall–Kier alpha value is -0.0400. The van der Waals surface area contributed by atoms with Gasteiger partial charge in [0.1, 0.15) is 0 Å². The lowest BCUT2D eigenvalue weighted by Crippen LogP contribution is -2.18. The van der Waals surface area contributed by atoms with Gasteiger partial charge in [-0.2, -0.15) is 0 Å². The summed E-state index contributed by atoms with van der Waals surface area (Å²) in [4.78, 5) is 0. The maximum Gasteiger partial charge on any atom is 0.0545 e. The van der Waals surface area contributed by atoms with Gasteiger partial charge in [0.2, 0.25) is 0 Å². The number of aliphatic hydroxyl groups excluding tert-OH is 1. The molecular weight excluding hydrogens is 184 g/mol. The first-order valence-corrected chi connectivity index (χ1v) is 6.77. The van der Waals surface area contributed by atoms with E-state index >= 15 is 0 Å². The molecule has 0 aromatic heterocycles. The van der Waals surface area contributed by atoms with Crippen LogP contribution in [0.2, 0.25) is 0 Å². The molecule has 1 nitrogen and oxygen atoms in total. The number of unbranched alkanes of at least 4 members (excludes halogenated alkanes) is 1. The Kier molecular flexibility index (Phi) is 5.11. The van der Waals surface area contributed by atoms with Crippen molar-refractivity contribution in [2.24, 2.45) is 11.3 Å². The van der Waals surface area contributed by atoms with Crippen molar-refractivity contribution in [2.75, 3.05) is 0 Å². The van der Waals surface area contributed by atoms with Crippen molar-refractivity contribution in [2.45, 2.75) is 78.2 Å². The number of aliphatic hydroxyl groups is 1. The van der Waals surface area contributed by atoms with E-state index in [1.807, 2.05) is 0 Å². The zero-order chi connectivity index (χ0) is 11.3. The summed E-state index contributed by atoms with van der Waals surface area (Å²) in [5.41, 5.74) is 0.438. The van der Waals surface area contributed by atoms with E-state index in [0.717, 1.165) is 18.8 Å². The molecule has 1 N–H and O–H groups in total. The molecule has 0 spiro atoms. The minimum Gasteiger partial charge on any atom is -0.393 e. The highest BCUT2D eigenvalue weighted by molar-refractivity contribution is 4.87. The van der Waals surface area contributed by atoms with E-state index in [4.69, 9.17) is 0 Å². The first-order chi connectivity index (χ1) is 7.09. The molecule has 0 saturated heterocycles. The summed E-state index contributed by atoms with van der Waals surface area (Å²) in [6, 6.07) is 0. The zero-order valence-corrected chi connectivity index (χ0v) is 10.8. The first kappa shape index (κ1) is 13.0. The molecule has 15 heavy (non-hydrogen) atoms. The molecule has 0 radical (unpaired) electrons. The van der Waals surface area contributed by atoms with E-state index in [1.54, 1.807) is 0 Å². The highest BCUT2D eigenvalue weighted by atomic mass is 16.3. The van der Waals surface area contributed by atoms with Gasteiger partial charge in [-0.3, -0.25) is 0 Å². The minimum atomic E-state index is -0.0151. The van der Waals surface area contributed by atoms with Crippen LogP contribution in [-0.2, 0) is 0 Å². The molecule has 90 valence electrons. The monoisotopic (exact) mass is 212 g/mol. The van der Waals surface area contributed by atoms with E-state index in [1.165, 1.54) is 38.5 Å². The molecule has 0 aromatic carbocycles. The van der Waals surface area contributed by atoms with Gasteiger partial charge in [0, 0.05) is 0 Å². The molecule has 0 aromatic rings. The summed E-state index contributed by atoms with van der Waals surface area (Å²) < 4.78 is 0. The molecule has 1 heteroatoms. The van der Waals surface area contributed by atoms with Gasteiger partial charge >= 0.3 is 0 Å². The van der Waals surface area contributed by atoms with E-state index in [0.29, 0.717) is 5.41 Å². The second-order valence-electron chi connectivity index (χ2n) is 5.83. The maximum absolute atomic E-state index is 9.63. The fourth-order valence-corrected chi connectivity index (χ4v) is 3.11. The molecule has 0 amide bonds. The fraction of sp³-hybridized carbons (Fsp3) is 1.00. The van der Waals surface area contributed by atoms with Crippen LogP contribution in [0.15, 0.2) is 0 Å². The summed E-state index contributed by atoms with van der Waals surface area (Å²) in [7, 11) is 0. The summed E-state index contributed by atoms with van der Waals surface area (Å²) >= 11 is 0. The van der Waals surface area contributed by atoms with Crippen molar-refractivity contribution in [1.29, 1.82) is 0 Å². The molecule has 3 unspecified atom stereocenters. The minimum absolute atomic E-state index is 0.0151. The quantitative estimate of drug-likeness (QED) is 0.701. The normalized spacial score (nSPS) is 33.2. The number of hydrogen-bond donors (Lipinski definition) is 1. The van der Waals surface area contributed by atoms with E-state index in [9.17, 15) is 5.11 Å². The Morgan fingerprint density at radius 1 is 1.40 bits per heavy atom. The lowest BCUT2D eigenvalue weighted by atomic mass is 9.77. The Labute approximate surface area is 95.3 Å². The van der Waals surface area contributed by atoms with Gasteiger partial charge in [-0.1, -0.05) is 46.5 Å². The van der Waals surface area contributed by atoms with Crippen LogP contribution in [0.1, 0.15) is 72.1 Å². The Bertz CT molecular complexity index is 178. The van der Waals surface area contributed by atoms with E-state index < -0.39 is 0 Å². The van der Waals surface area contributed by atoms with Gasteiger partial charge in [-0.15, -0.1) is 0 Å². The van der Waals surface area contributed by atoms with Gasteiger partial charge in [0.05, 0.1) is 6.10 Å². The first-order valence-electron chi connectivity index (χ1n) is 6.77. The Morgan fingerprint density at radius 2 is 2.13 bits per heavy atom. The smallest absolute Gasteiger partial charge is 0.0545 e. The summed E-state index contributed by atoms with van der Waals surface area (Å²) in [5.74, 6) is 0.889. The largest absolute Gasteiger partial charge is 0.393 e. The van der Waals surface area contributed by atoms with Crippen molar-refractivity contribution < 1.29 is 5.11 Å². The zero-order valence-electron chi connectivity index (χ0n) is 10.8. The van der Waals surface area contributed by atoms with Gasteiger partial charge < -0.3 is 5.11 Å². The lowest BCUT2D eigenvalue weighted by molar-refractivity contribution is 0.150. The third kappa shape index (κ3) is 4.14. The second kappa shape index (κ2) is 5.89. The number of rotatable bonds is 6. The van der Waals surface area contributed by atoms with Gasteiger partial charge in [0.15, 0.2) is 0 Å². The van der Waals surface area contributed by atoms with Crippen molar-refractivity contribution in [3.8, 4) is 0 Å². The topological polar surface area (TPSA) is 20.2 Å². The molecule has 3 atom stereocenters. The summed E-state index contributed by atoms with van der Waals surface area (Å²) in [6.07, 6.45) is 10.0. The molecule has 1 fully saturated rings. The van der Waals surface area contributed by atoms with Crippen LogP contribution >= 0.6 is 0 Å². The molecule has 0 aliphatic heterocycles. The van der Waals surface area contributed by atoms with Crippen molar-refractivity contribution in [1.82, 2.24) is 0 Å². The highest BCUT2D eigenvalue weighted by Gasteiger charge is 2.35. The second-order valence-corrected chi connectivity index (χ2v) is 5.83. The van der Waals surface area contributed by atoms with Crippen LogP contribution in [0.4, 0.5) is 0 Å². The number of hydrogen-bond acceptors (Lipinski definition) is 1. The fourth-order valence-electron chi connectivity index (χ4n) is 3.11. The molecule has 0 bridgehead atoms. The SMILES string of the molecule is CCCCC(CC)CC1(C)CCC(O)C1. The Morgan fingerprint density at radius 3 is 2.60 bits per heavy atom. The summed E-state index contributed by atoms with van der Waals surface area (Å²) in [5, 5.41) is 9.63. The molecular formula is C14H28O. The third-order valence-corrected chi connectivity index (χ3v) is 4.13. The maximum atomic E-state index is 9.63. The molecule has 1 aliphatic rings. The predicted molar refractivity (Wildman–Crippen MR) is 65.9 cm³/mol. The van der Waals surface area contributed by atoms with Crippen LogP contribution in [0.3, 0.4) is 0 Å². The molecule has 1 aliphatic carbocycles. The molecule has 1 saturated carbocycles. The lowest BCUT2D eigenvalue weighted by Gasteiger charge is -2.28. The standard InChI is InChI=1S/C14H28O/c1-4-6-7-12(5-2)10-14(3)9-8-13(15)11-14/h12-13,15H,4-11H2,1-3H3. The average molecular weight is 212 g/mol. The molecule has 1 rings (SSSR count). The predicted octanol–water partition coefficient (Wildman–Crippen LogP) is 4.14. The van der Waals surface area contributed by atoms with Crippen molar-refractivity contribution in [3.05, 3.63) is 0 Å². The van der Waals surface area contributed by atoms with Crippen LogP contribution in [0, 0.1) is 11.3 Å². The molecule has 0 heterocycles. The average Bonchev–Trinajstić information content (AvgIpc) is 2.53. The highest BCUT2D eigenvalue weighted by Crippen LogP contribution is 2.44. The van der Waals surface area contributed by atoms with Gasteiger partial charge in [-0.25, -0.2) is 0 Å². The van der Waals surface area contributed by atoms with Crippen molar-refractivity contribution in [3.63, 3.8) is 0 Å².